The van der Waals surface area contributed by atoms with Crippen LogP contribution in [0.4, 0.5) is 4.79 Å². The van der Waals surface area contributed by atoms with Gasteiger partial charge >= 0.3 is 12.1 Å². The van der Waals surface area contributed by atoms with E-state index in [1.54, 1.807) is 20.8 Å². The molecular formula is C26H30N2O6. The fourth-order valence-corrected chi connectivity index (χ4v) is 4.90. The van der Waals surface area contributed by atoms with Gasteiger partial charge in [-0.25, -0.2) is 4.79 Å². The van der Waals surface area contributed by atoms with Crippen molar-refractivity contribution >= 4 is 18.0 Å². The summed E-state index contributed by atoms with van der Waals surface area (Å²) in [5.41, 5.74) is 3.20. The predicted molar refractivity (Wildman–Crippen MR) is 125 cm³/mol. The number of fused-ring (bicyclic) bond motifs is 3. The van der Waals surface area contributed by atoms with Crippen LogP contribution in [0.2, 0.25) is 0 Å². The molecule has 4 rings (SSSR count). The van der Waals surface area contributed by atoms with Gasteiger partial charge in [-0.3, -0.25) is 9.59 Å². The fourth-order valence-electron chi connectivity index (χ4n) is 4.90. The topological polar surface area (TPSA) is 105 Å². The van der Waals surface area contributed by atoms with Crippen LogP contribution in [0.3, 0.4) is 0 Å². The first kappa shape index (κ1) is 23.8. The van der Waals surface area contributed by atoms with Crippen LogP contribution in [-0.4, -0.2) is 65.9 Å². The average Bonchev–Trinajstić information content (AvgIpc) is 3.37. The molecule has 0 spiro atoms. The quantitative estimate of drug-likeness (QED) is 0.649. The van der Waals surface area contributed by atoms with Crippen molar-refractivity contribution in [3.63, 3.8) is 0 Å². The Labute approximate surface area is 198 Å². The molecule has 1 aliphatic carbocycles. The average molecular weight is 467 g/mol. The lowest BCUT2D eigenvalue weighted by Gasteiger charge is -2.30. The Hall–Kier alpha value is -3.39. The Morgan fingerprint density at radius 3 is 2.18 bits per heavy atom. The lowest BCUT2D eigenvalue weighted by Crippen LogP contribution is -2.55. The van der Waals surface area contributed by atoms with Gasteiger partial charge in [0.1, 0.15) is 18.1 Å². The number of hydrogen-bond donors (Lipinski definition) is 2. The first-order valence-electron chi connectivity index (χ1n) is 11.5. The summed E-state index contributed by atoms with van der Waals surface area (Å²) >= 11 is 0. The number of benzene rings is 2. The molecule has 180 valence electrons. The number of alkyl carbamates (subject to hydrolysis) is 1. The van der Waals surface area contributed by atoms with Crippen LogP contribution in [0.1, 0.15) is 37.8 Å². The van der Waals surface area contributed by atoms with Gasteiger partial charge < -0.3 is 24.8 Å². The van der Waals surface area contributed by atoms with Gasteiger partial charge in [0.15, 0.2) is 0 Å². The fraction of sp³-hybridized carbons (Fsp3) is 0.423. The Morgan fingerprint density at radius 2 is 1.62 bits per heavy atom. The first-order valence-corrected chi connectivity index (χ1v) is 11.5. The van der Waals surface area contributed by atoms with Crippen LogP contribution in [0, 0.1) is 5.92 Å². The predicted octanol–water partition coefficient (Wildman–Crippen LogP) is 3.25. The second kappa shape index (κ2) is 9.46. The van der Waals surface area contributed by atoms with Gasteiger partial charge in [0.05, 0.1) is 6.10 Å². The molecule has 0 saturated carbocycles. The summed E-state index contributed by atoms with van der Waals surface area (Å²) in [6, 6.07) is 16.1. The summed E-state index contributed by atoms with van der Waals surface area (Å²) in [6.07, 6.45) is -1.27. The van der Waals surface area contributed by atoms with E-state index >= 15 is 0 Å². The molecule has 2 aromatic rings. The Morgan fingerprint density at radius 1 is 1.03 bits per heavy atom. The molecule has 8 heteroatoms. The monoisotopic (exact) mass is 466 g/mol. The van der Waals surface area contributed by atoms with Crippen molar-refractivity contribution in [3.8, 4) is 11.1 Å². The van der Waals surface area contributed by atoms with E-state index in [9.17, 15) is 19.5 Å². The second-order valence-corrected chi connectivity index (χ2v) is 9.22. The largest absolute Gasteiger partial charge is 0.481 e. The zero-order chi connectivity index (χ0) is 24.5. The Bertz CT molecular complexity index is 1050. The normalized spacial score (nSPS) is 19.4. The van der Waals surface area contributed by atoms with Crippen molar-refractivity contribution < 1.29 is 29.0 Å². The number of hydrogen-bond acceptors (Lipinski definition) is 5. The molecule has 0 aromatic heterocycles. The van der Waals surface area contributed by atoms with Gasteiger partial charge in [-0.05, 0) is 43.0 Å². The first-order chi connectivity index (χ1) is 16.2. The minimum atomic E-state index is -1.27. The molecule has 0 radical (unpaired) electrons. The van der Waals surface area contributed by atoms with Gasteiger partial charge in [0, 0.05) is 25.6 Å². The van der Waals surface area contributed by atoms with E-state index in [1.165, 1.54) is 4.90 Å². The minimum absolute atomic E-state index is 0.0363. The smallest absolute Gasteiger partial charge is 0.408 e. The lowest BCUT2D eigenvalue weighted by atomic mass is 9.98. The number of aliphatic carboxylic acids is 1. The molecule has 8 nitrogen and oxygen atoms in total. The van der Waals surface area contributed by atoms with Crippen LogP contribution < -0.4 is 5.32 Å². The molecule has 1 heterocycles. The van der Waals surface area contributed by atoms with Crippen molar-refractivity contribution in [3.05, 3.63) is 59.7 Å². The standard InChI is InChI=1S/C26H30N2O6/c1-4-33-22-14-28(13-20(22)23(29)30)24(31)26(2,3)27-25(32)34-15-21-18-11-7-5-9-16(18)17-10-6-8-12-19(17)21/h5-12,20-22H,4,13-15H2,1-3H3,(H,27,32)(H,29,30). The lowest BCUT2D eigenvalue weighted by molar-refractivity contribution is -0.145. The van der Waals surface area contributed by atoms with E-state index in [0.717, 1.165) is 22.3 Å². The number of carbonyl (C=O) groups is 3. The van der Waals surface area contributed by atoms with Crippen molar-refractivity contribution in [1.82, 2.24) is 10.2 Å². The van der Waals surface area contributed by atoms with Gasteiger partial charge in [0.25, 0.3) is 0 Å². The van der Waals surface area contributed by atoms with E-state index in [-0.39, 0.29) is 31.5 Å². The summed E-state index contributed by atoms with van der Waals surface area (Å²) in [5, 5.41) is 12.1. The molecule has 34 heavy (non-hydrogen) atoms. The third-order valence-electron chi connectivity index (χ3n) is 6.54. The molecule has 1 aliphatic heterocycles. The van der Waals surface area contributed by atoms with E-state index < -0.39 is 29.6 Å². The summed E-state index contributed by atoms with van der Waals surface area (Å²) in [4.78, 5) is 38.8. The molecule has 0 bridgehead atoms. The molecule has 2 aromatic carbocycles. The van der Waals surface area contributed by atoms with Crippen LogP contribution in [0.15, 0.2) is 48.5 Å². The highest BCUT2D eigenvalue weighted by Gasteiger charge is 2.44. The maximum atomic E-state index is 13.1. The van der Waals surface area contributed by atoms with Crippen LogP contribution >= 0.6 is 0 Å². The highest BCUT2D eigenvalue weighted by molar-refractivity contribution is 5.90. The maximum absolute atomic E-state index is 13.1. The SMILES string of the molecule is CCOC1CN(C(=O)C(C)(C)NC(=O)OCC2c3ccccc3-c3ccccc32)CC1C(=O)O. The van der Waals surface area contributed by atoms with Gasteiger partial charge in [0.2, 0.25) is 5.91 Å². The Balaban J connectivity index is 1.39. The number of ether oxygens (including phenoxy) is 2. The van der Waals surface area contributed by atoms with Gasteiger partial charge in [-0.1, -0.05) is 48.5 Å². The van der Waals surface area contributed by atoms with Crippen LogP contribution in [0.25, 0.3) is 11.1 Å². The maximum Gasteiger partial charge on any atom is 0.408 e. The third kappa shape index (κ3) is 4.50. The van der Waals surface area contributed by atoms with Crippen molar-refractivity contribution in [2.45, 2.75) is 38.3 Å². The summed E-state index contributed by atoms with van der Waals surface area (Å²) in [5.74, 6) is -2.27. The van der Waals surface area contributed by atoms with E-state index in [2.05, 4.69) is 17.4 Å². The van der Waals surface area contributed by atoms with Gasteiger partial charge in [-0.15, -0.1) is 0 Å². The van der Waals surface area contributed by atoms with Crippen LogP contribution in [0.5, 0.6) is 0 Å². The molecule has 2 atom stereocenters. The molecule has 2 aliphatic rings. The number of likely N-dealkylation sites (tertiary alicyclic amines) is 1. The third-order valence-corrected chi connectivity index (χ3v) is 6.54. The molecule has 1 fully saturated rings. The number of carboxylic acid groups (broad SMARTS) is 1. The van der Waals surface area contributed by atoms with Gasteiger partial charge in [-0.2, -0.15) is 0 Å². The highest BCUT2D eigenvalue weighted by atomic mass is 16.5. The molecule has 1 saturated heterocycles. The number of rotatable bonds is 7. The Kier molecular flexibility index (Phi) is 6.61. The number of nitrogens with zero attached hydrogens (tertiary/aromatic N) is 1. The van der Waals surface area contributed by atoms with E-state index in [0.29, 0.717) is 6.61 Å². The highest BCUT2D eigenvalue weighted by Crippen LogP contribution is 2.44. The summed E-state index contributed by atoms with van der Waals surface area (Å²) in [7, 11) is 0. The number of carboxylic acids is 1. The summed E-state index contributed by atoms with van der Waals surface area (Å²) in [6.45, 7) is 5.65. The molecule has 2 unspecified atom stereocenters. The number of carbonyl (C=O) groups excluding carboxylic acids is 2. The van der Waals surface area contributed by atoms with Crippen LogP contribution in [-0.2, 0) is 19.1 Å². The zero-order valence-electron chi connectivity index (χ0n) is 19.6. The van der Waals surface area contributed by atoms with Crippen molar-refractivity contribution in [1.29, 1.82) is 0 Å². The van der Waals surface area contributed by atoms with Crippen molar-refractivity contribution in [2.75, 3.05) is 26.3 Å². The molecule has 2 N–H and O–H groups in total. The minimum Gasteiger partial charge on any atom is -0.481 e. The number of amides is 2. The second-order valence-electron chi connectivity index (χ2n) is 9.22. The zero-order valence-corrected chi connectivity index (χ0v) is 19.6. The van der Waals surface area contributed by atoms with Crippen molar-refractivity contribution in [2.24, 2.45) is 5.92 Å². The van der Waals surface area contributed by atoms with E-state index in [1.807, 2.05) is 36.4 Å². The molecule has 2 amide bonds. The summed E-state index contributed by atoms with van der Waals surface area (Å²) < 4.78 is 11.1. The number of nitrogens with one attached hydrogen (secondary N) is 1. The molecular weight excluding hydrogens is 436 g/mol. The van der Waals surface area contributed by atoms with E-state index in [4.69, 9.17) is 9.47 Å².